The SMILES string of the molecule is CCN1C(=O)[C@H](CCO)N(CC)c2nc(Cl)ncc21. The number of anilines is 2. The van der Waals surface area contributed by atoms with Crippen molar-refractivity contribution in [2.75, 3.05) is 29.5 Å². The van der Waals surface area contributed by atoms with Gasteiger partial charge in [-0.1, -0.05) is 0 Å². The molecule has 0 bridgehead atoms. The molecule has 7 heteroatoms. The van der Waals surface area contributed by atoms with E-state index in [1.54, 1.807) is 11.1 Å². The van der Waals surface area contributed by atoms with Crippen LogP contribution in [0.5, 0.6) is 0 Å². The van der Waals surface area contributed by atoms with Gasteiger partial charge >= 0.3 is 0 Å². The normalized spacial score (nSPS) is 18.7. The van der Waals surface area contributed by atoms with Crippen molar-refractivity contribution in [2.24, 2.45) is 0 Å². The summed E-state index contributed by atoms with van der Waals surface area (Å²) in [6.45, 7) is 4.95. The molecule has 1 aromatic rings. The molecule has 0 spiro atoms. The third-order valence-electron chi connectivity index (χ3n) is 3.27. The van der Waals surface area contributed by atoms with Crippen molar-refractivity contribution in [3.05, 3.63) is 11.5 Å². The molecule has 1 aromatic heterocycles. The molecule has 0 radical (unpaired) electrons. The minimum absolute atomic E-state index is 0.0307. The number of carbonyl (C=O) groups excluding carboxylic acids is 1. The van der Waals surface area contributed by atoms with Crippen molar-refractivity contribution in [3.63, 3.8) is 0 Å². The first-order valence-corrected chi connectivity index (χ1v) is 6.73. The molecule has 1 aliphatic heterocycles. The number of fused-ring (bicyclic) bond motifs is 1. The van der Waals surface area contributed by atoms with Crippen LogP contribution in [0.25, 0.3) is 0 Å². The summed E-state index contributed by atoms with van der Waals surface area (Å²) in [5, 5.41) is 9.31. The van der Waals surface area contributed by atoms with Gasteiger partial charge < -0.3 is 14.9 Å². The largest absolute Gasteiger partial charge is 0.396 e. The molecule has 1 atom stereocenters. The van der Waals surface area contributed by atoms with Gasteiger partial charge in [0.25, 0.3) is 0 Å². The first-order valence-electron chi connectivity index (χ1n) is 6.35. The summed E-state index contributed by atoms with van der Waals surface area (Å²) in [4.78, 5) is 24.1. The molecule has 6 nitrogen and oxygen atoms in total. The van der Waals surface area contributed by atoms with E-state index < -0.39 is 6.04 Å². The highest BCUT2D eigenvalue weighted by Gasteiger charge is 2.37. The number of hydrogen-bond donors (Lipinski definition) is 1. The Bertz CT molecular complexity index is 483. The van der Waals surface area contributed by atoms with Gasteiger partial charge in [-0.15, -0.1) is 0 Å². The van der Waals surface area contributed by atoms with Crippen molar-refractivity contribution in [3.8, 4) is 0 Å². The molecule has 0 aromatic carbocycles. The lowest BCUT2D eigenvalue weighted by molar-refractivity contribution is -0.120. The second-order valence-electron chi connectivity index (χ2n) is 4.24. The zero-order valence-corrected chi connectivity index (χ0v) is 11.8. The van der Waals surface area contributed by atoms with Gasteiger partial charge in [-0.3, -0.25) is 4.79 Å². The Morgan fingerprint density at radius 3 is 2.74 bits per heavy atom. The van der Waals surface area contributed by atoms with Gasteiger partial charge in [-0.25, -0.2) is 4.98 Å². The Morgan fingerprint density at radius 1 is 1.42 bits per heavy atom. The summed E-state index contributed by atoms with van der Waals surface area (Å²) in [5.41, 5.74) is 0.674. The van der Waals surface area contributed by atoms with Crippen LogP contribution < -0.4 is 9.80 Å². The van der Waals surface area contributed by atoms with Crippen LogP contribution in [0.1, 0.15) is 20.3 Å². The molecule has 0 saturated heterocycles. The van der Waals surface area contributed by atoms with E-state index in [1.807, 2.05) is 18.7 Å². The Labute approximate surface area is 117 Å². The molecule has 1 N–H and O–H groups in total. The molecule has 0 unspecified atom stereocenters. The average Bonchev–Trinajstić information content (AvgIpc) is 2.40. The molecule has 1 aliphatic rings. The van der Waals surface area contributed by atoms with Crippen molar-refractivity contribution in [1.29, 1.82) is 0 Å². The summed E-state index contributed by atoms with van der Waals surface area (Å²) in [6.07, 6.45) is 1.95. The molecular weight excluding hydrogens is 268 g/mol. The van der Waals surface area contributed by atoms with Crippen LogP contribution in [-0.2, 0) is 4.79 Å². The number of aliphatic hydroxyl groups excluding tert-OH is 1. The zero-order valence-electron chi connectivity index (χ0n) is 11.0. The summed E-state index contributed by atoms with van der Waals surface area (Å²) in [5.74, 6) is 0.624. The van der Waals surface area contributed by atoms with E-state index in [-0.39, 0.29) is 17.8 Å². The number of nitrogens with zero attached hydrogens (tertiary/aromatic N) is 4. The highest BCUT2D eigenvalue weighted by molar-refractivity contribution is 6.28. The van der Waals surface area contributed by atoms with Crippen LogP contribution in [-0.4, -0.2) is 46.7 Å². The van der Waals surface area contributed by atoms with Gasteiger partial charge in [-0.05, 0) is 31.9 Å². The van der Waals surface area contributed by atoms with Crippen molar-refractivity contribution >= 4 is 29.0 Å². The summed E-state index contributed by atoms with van der Waals surface area (Å²) in [6, 6.07) is -0.395. The number of halogens is 1. The van der Waals surface area contributed by atoms with E-state index >= 15 is 0 Å². The predicted octanol–water partition coefficient (Wildman–Crippen LogP) is 1.07. The van der Waals surface area contributed by atoms with E-state index in [0.717, 1.165) is 0 Å². The molecular formula is C12H17ClN4O2. The third kappa shape index (κ3) is 2.37. The van der Waals surface area contributed by atoms with Crippen LogP contribution in [0, 0.1) is 0 Å². The molecule has 1 amide bonds. The van der Waals surface area contributed by atoms with E-state index in [9.17, 15) is 4.79 Å². The van der Waals surface area contributed by atoms with Crippen LogP contribution >= 0.6 is 11.6 Å². The van der Waals surface area contributed by atoms with Crippen molar-refractivity contribution in [1.82, 2.24) is 9.97 Å². The number of likely N-dealkylation sites (N-methyl/N-ethyl adjacent to an activating group) is 2. The lowest BCUT2D eigenvalue weighted by atomic mass is 10.1. The van der Waals surface area contributed by atoms with E-state index in [0.29, 0.717) is 31.0 Å². The lowest BCUT2D eigenvalue weighted by Crippen LogP contribution is -2.54. The molecule has 2 heterocycles. The first-order chi connectivity index (χ1) is 9.13. The maximum atomic E-state index is 12.4. The van der Waals surface area contributed by atoms with Crippen LogP contribution in [0.3, 0.4) is 0 Å². The fourth-order valence-electron chi connectivity index (χ4n) is 2.42. The zero-order chi connectivity index (χ0) is 14.0. The average molecular weight is 285 g/mol. The summed E-state index contributed by atoms with van der Waals surface area (Å²) >= 11 is 5.85. The Balaban J connectivity index is 2.53. The fourth-order valence-corrected chi connectivity index (χ4v) is 2.55. The van der Waals surface area contributed by atoms with Gasteiger partial charge in [0.1, 0.15) is 11.7 Å². The molecule has 0 fully saturated rings. The van der Waals surface area contributed by atoms with Gasteiger partial charge in [0.05, 0.1) is 6.20 Å². The highest BCUT2D eigenvalue weighted by atomic mass is 35.5. The number of aliphatic hydroxyl groups is 1. The summed E-state index contributed by atoms with van der Waals surface area (Å²) < 4.78 is 0. The number of aromatic nitrogens is 2. The Kier molecular flexibility index (Phi) is 4.21. The third-order valence-corrected chi connectivity index (χ3v) is 3.45. The topological polar surface area (TPSA) is 69.6 Å². The summed E-state index contributed by atoms with van der Waals surface area (Å²) in [7, 11) is 0. The van der Waals surface area contributed by atoms with Crippen LogP contribution in [0.4, 0.5) is 11.5 Å². The molecule has 0 aliphatic carbocycles. The number of hydrogen-bond acceptors (Lipinski definition) is 5. The minimum Gasteiger partial charge on any atom is -0.396 e. The second-order valence-corrected chi connectivity index (χ2v) is 4.58. The predicted molar refractivity (Wildman–Crippen MR) is 73.6 cm³/mol. The van der Waals surface area contributed by atoms with E-state index in [2.05, 4.69) is 9.97 Å². The maximum Gasteiger partial charge on any atom is 0.249 e. The Hall–Kier alpha value is -1.40. The number of carbonyl (C=O) groups is 1. The van der Waals surface area contributed by atoms with Crippen LogP contribution in [0.15, 0.2) is 6.20 Å². The molecule has 2 rings (SSSR count). The molecule has 19 heavy (non-hydrogen) atoms. The highest BCUT2D eigenvalue weighted by Crippen LogP contribution is 2.35. The first kappa shape index (κ1) is 14.0. The second kappa shape index (κ2) is 5.71. The van der Waals surface area contributed by atoms with Crippen molar-refractivity contribution in [2.45, 2.75) is 26.3 Å². The number of rotatable bonds is 4. The molecule has 104 valence electrons. The monoisotopic (exact) mass is 284 g/mol. The molecule has 0 saturated carbocycles. The minimum atomic E-state index is -0.395. The van der Waals surface area contributed by atoms with Gasteiger partial charge in [0, 0.05) is 19.7 Å². The van der Waals surface area contributed by atoms with Gasteiger partial charge in [0.2, 0.25) is 11.2 Å². The smallest absolute Gasteiger partial charge is 0.249 e. The lowest BCUT2D eigenvalue weighted by Gasteiger charge is -2.40. The van der Waals surface area contributed by atoms with E-state index in [1.165, 1.54) is 0 Å². The Morgan fingerprint density at radius 2 is 2.16 bits per heavy atom. The van der Waals surface area contributed by atoms with Gasteiger partial charge in [0.15, 0.2) is 5.82 Å². The maximum absolute atomic E-state index is 12.4. The number of amides is 1. The fraction of sp³-hybridized carbons (Fsp3) is 0.583. The van der Waals surface area contributed by atoms with Gasteiger partial charge in [-0.2, -0.15) is 4.98 Å². The quantitative estimate of drug-likeness (QED) is 0.838. The van der Waals surface area contributed by atoms with E-state index in [4.69, 9.17) is 16.7 Å². The van der Waals surface area contributed by atoms with Crippen molar-refractivity contribution < 1.29 is 9.90 Å². The standard InChI is InChI=1S/C12H17ClN4O2/c1-3-16-8(5-6-18)11(19)17(4-2)9-7-14-12(13)15-10(9)16/h7-8,18H,3-6H2,1-2H3/t8-/m0/s1. The van der Waals surface area contributed by atoms with Crippen LogP contribution in [0.2, 0.25) is 5.28 Å².